The van der Waals surface area contributed by atoms with Gasteiger partial charge in [0.2, 0.25) is 11.8 Å². The lowest BCUT2D eigenvalue weighted by Gasteiger charge is -2.34. The standard InChI is InChI=1S/C30H35ClFN5O5/c1-36(27(39)11-9-20-7-4-8-25(32)29(20)31)24(10-12-28(40)37-14-13-33-23(17-37)18-38)19-42-30(41)35-26-15-21-5-2-3-6-22(21)16-34-26/h2-8,15-16,23-24,33,38H,9-14,17-19H2,1H3,(H,34,35,41)/t23?,24-/m0/s1. The number of halogens is 2. The summed E-state index contributed by atoms with van der Waals surface area (Å²) >= 11 is 6.05. The summed E-state index contributed by atoms with van der Waals surface area (Å²) < 4.78 is 19.3. The van der Waals surface area contributed by atoms with E-state index in [0.29, 0.717) is 31.0 Å². The minimum atomic E-state index is -0.741. The molecular weight excluding hydrogens is 565 g/mol. The van der Waals surface area contributed by atoms with E-state index in [1.54, 1.807) is 30.3 Å². The van der Waals surface area contributed by atoms with Crippen LogP contribution in [0.5, 0.6) is 0 Å². The predicted octanol–water partition coefficient (Wildman–Crippen LogP) is 3.61. The summed E-state index contributed by atoms with van der Waals surface area (Å²) in [6, 6.07) is 13.0. The topological polar surface area (TPSA) is 124 Å². The predicted molar refractivity (Wildman–Crippen MR) is 158 cm³/mol. The molecule has 2 atom stereocenters. The zero-order chi connectivity index (χ0) is 30.1. The molecule has 3 amide bonds. The van der Waals surface area contributed by atoms with Crippen LogP contribution in [0.4, 0.5) is 15.0 Å². The second kappa shape index (κ2) is 14.9. The summed E-state index contributed by atoms with van der Waals surface area (Å²) in [4.78, 5) is 46.1. The lowest BCUT2D eigenvalue weighted by Crippen LogP contribution is -2.54. The molecule has 1 unspecified atom stereocenters. The van der Waals surface area contributed by atoms with Gasteiger partial charge in [0.15, 0.2) is 0 Å². The maximum Gasteiger partial charge on any atom is 0.412 e. The van der Waals surface area contributed by atoms with Gasteiger partial charge in [0.05, 0.1) is 17.7 Å². The van der Waals surface area contributed by atoms with Gasteiger partial charge in [0, 0.05) is 57.1 Å². The van der Waals surface area contributed by atoms with Crippen molar-refractivity contribution in [1.29, 1.82) is 0 Å². The van der Waals surface area contributed by atoms with Crippen molar-refractivity contribution >= 4 is 46.1 Å². The average Bonchev–Trinajstić information content (AvgIpc) is 3.01. The second-order valence-corrected chi connectivity index (χ2v) is 10.6. The van der Waals surface area contributed by atoms with Gasteiger partial charge in [-0.3, -0.25) is 14.9 Å². The van der Waals surface area contributed by atoms with Crippen LogP contribution in [0.1, 0.15) is 24.8 Å². The zero-order valence-corrected chi connectivity index (χ0v) is 24.1. The molecule has 4 rings (SSSR count). The molecule has 10 nitrogen and oxygen atoms in total. The van der Waals surface area contributed by atoms with Crippen LogP contribution < -0.4 is 10.6 Å². The number of aliphatic hydroxyl groups excluding tert-OH is 1. The van der Waals surface area contributed by atoms with Crippen LogP contribution in [0.25, 0.3) is 10.8 Å². The normalized spacial score (nSPS) is 15.7. The van der Waals surface area contributed by atoms with Crippen molar-refractivity contribution in [2.75, 3.05) is 45.2 Å². The third-order valence-corrected chi connectivity index (χ3v) is 7.79. The Morgan fingerprint density at radius 1 is 1.21 bits per heavy atom. The Morgan fingerprint density at radius 3 is 2.79 bits per heavy atom. The number of amides is 3. The van der Waals surface area contributed by atoms with E-state index in [0.717, 1.165) is 10.8 Å². The van der Waals surface area contributed by atoms with Gasteiger partial charge in [-0.05, 0) is 35.9 Å². The van der Waals surface area contributed by atoms with Gasteiger partial charge >= 0.3 is 6.09 Å². The minimum Gasteiger partial charge on any atom is -0.447 e. The number of hydrogen-bond acceptors (Lipinski definition) is 7. The highest BCUT2D eigenvalue weighted by atomic mass is 35.5. The van der Waals surface area contributed by atoms with E-state index >= 15 is 0 Å². The Morgan fingerprint density at radius 2 is 2.00 bits per heavy atom. The van der Waals surface area contributed by atoms with Gasteiger partial charge in [0.25, 0.3) is 0 Å². The number of piperazine rings is 1. The summed E-state index contributed by atoms with van der Waals surface area (Å²) in [6.07, 6.45) is 1.55. The number of hydrogen-bond donors (Lipinski definition) is 3. The molecule has 1 aromatic heterocycles. The summed E-state index contributed by atoms with van der Waals surface area (Å²) in [7, 11) is 1.59. The van der Waals surface area contributed by atoms with Gasteiger partial charge in [0.1, 0.15) is 18.2 Å². The van der Waals surface area contributed by atoms with Gasteiger partial charge in [-0.25, -0.2) is 14.2 Å². The number of carbonyl (C=O) groups excluding carboxylic acids is 3. The van der Waals surface area contributed by atoms with E-state index in [4.69, 9.17) is 16.3 Å². The Hall–Kier alpha value is -3.80. The summed E-state index contributed by atoms with van der Waals surface area (Å²) in [5.41, 5.74) is 0.515. The molecule has 2 aromatic carbocycles. The number of rotatable bonds is 11. The number of nitrogens with one attached hydrogen (secondary N) is 2. The van der Waals surface area contributed by atoms with E-state index in [9.17, 15) is 23.9 Å². The van der Waals surface area contributed by atoms with Gasteiger partial charge < -0.3 is 25.0 Å². The van der Waals surface area contributed by atoms with E-state index in [2.05, 4.69) is 15.6 Å². The van der Waals surface area contributed by atoms with Crippen molar-refractivity contribution in [3.05, 3.63) is 71.1 Å². The molecule has 0 bridgehead atoms. The molecule has 1 fully saturated rings. The fourth-order valence-electron chi connectivity index (χ4n) is 4.84. The highest BCUT2D eigenvalue weighted by molar-refractivity contribution is 6.31. The molecule has 42 heavy (non-hydrogen) atoms. The number of aryl methyl sites for hydroxylation is 1. The van der Waals surface area contributed by atoms with E-state index in [1.807, 2.05) is 24.3 Å². The first-order valence-corrected chi connectivity index (χ1v) is 14.2. The number of carbonyl (C=O) groups is 3. The van der Waals surface area contributed by atoms with Crippen LogP contribution in [0.15, 0.2) is 54.7 Å². The number of nitrogens with zero attached hydrogens (tertiary/aromatic N) is 3. The Balaban J connectivity index is 1.38. The zero-order valence-electron chi connectivity index (χ0n) is 23.4. The molecule has 0 aliphatic carbocycles. The lowest BCUT2D eigenvalue weighted by molar-refractivity contribution is -0.136. The minimum absolute atomic E-state index is 0.0189. The van der Waals surface area contributed by atoms with E-state index in [1.165, 1.54) is 17.0 Å². The van der Waals surface area contributed by atoms with Crippen LogP contribution >= 0.6 is 11.6 Å². The number of benzene rings is 2. The molecule has 1 aliphatic heterocycles. The molecule has 224 valence electrons. The summed E-state index contributed by atoms with van der Waals surface area (Å²) in [6.45, 7) is 1.25. The maximum atomic E-state index is 13.8. The van der Waals surface area contributed by atoms with Crippen LogP contribution in [0.3, 0.4) is 0 Å². The summed E-state index contributed by atoms with van der Waals surface area (Å²) in [5, 5.41) is 17.0. The van der Waals surface area contributed by atoms with Crippen LogP contribution in [-0.4, -0.2) is 89.8 Å². The highest BCUT2D eigenvalue weighted by Crippen LogP contribution is 2.22. The monoisotopic (exact) mass is 599 g/mol. The number of aliphatic hydroxyl groups is 1. The molecule has 0 spiro atoms. The number of anilines is 1. The average molecular weight is 600 g/mol. The van der Waals surface area contributed by atoms with Crippen molar-refractivity contribution in [3.8, 4) is 0 Å². The third kappa shape index (κ3) is 8.37. The molecule has 0 saturated carbocycles. The second-order valence-electron chi connectivity index (χ2n) is 10.2. The van der Waals surface area contributed by atoms with Crippen LogP contribution in [0, 0.1) is 5.82 Å². The number of likely N-dealkylation sites (N-methyl/N-ethyl adjacent to an activating group) is 1. The van der Waals surface area contributed by atoms with Crippen molar-refractivity contribution in [2.24, 2.45) is 0 Å². The Labute approximate surface area is 248 Å². The van der Waals surface area contributed by atoms with Crippen LogP contribution in [0.2, 0.25) is 5.02 Å². The van der Waals surface area contributed by atoms with E-state index in [-0.39, 0.29) is 61.8 Å². The molecular formula is C30H35ClFN5O5. The summed E-state index contributed by atoms with van der Waals surface area (Å²) in [5.74, 6) is -0.616. The molecule has 3 aromatic rings. The van der Waals surface area contributed by atoms with Crippen molar-refractivity contribution < 1.29 is 28.6 Å². The Bertz CT molecular complexity index is 1410. The van der Waals surface area contributed by atoms with Crippen LogP contribution in [-0.2, 0) is 20.7 Å². The maximum absolute atomic E-state index is 13.8. The SMILES string of the molecule is CN(C(=O)CCc1cccc(F)c1Cl)[C@@H](CCC(=O)N1CCNC(CO)C1)COC(=O)Nc1cc2ccccc2cn1. The van der Waals surface area contributed by atoms with E-state index < -0.39 is 18.0 Å². The molecule has 2 heterocycles. The number of ether oxygens (including phenoxy) is 1. The van der Waals surface area contributed by atoms with Crippen molar-refractivity contribution in [1.82, 2.24) is 20.1 Å². The largest absolute Gasteiger partial charge is 0.447 e. The van der Waals surface area contributed by atoms with Gasteiger partial charge in [-0.1, -0.05) is 48.0 Å². The Kier molecular flexibility index (Phi) is 11.0. The fourth-order valence-corrected chi connectivity index (χ4v) is 5.06. The number of aromatic nitrogens is 1. The molecule has 1 aliphatic rings. The van der Waals surface area contributed by atoms with Crippen molar-refractivity contribution in [2.45, 2.75) is 37.8 Å². The quantitative estimate of drug-likeness (QED) is 0.308. The number of fused-ring (bicyclic) bond motifs is 1. The fraction of sp³-hybridized carbons (Fsp3) is 0.400. The highest BCUT2D eigenvalue weighted by Gasteiger charge is 2.26. The molecule has 3 N–H and O–H groups in total. The number of pyridine rings is 1. The van der Waals surface area contributed by atoms with Crippen molar-refractivity contribution in [3.63, 3.8) is 0 Å². The van der Waals surface area contributed by atoms with Gasteiger partial charge in [-0.2, -0.15) is 0 Å². The first-order chi connectivity index (χ1) is 20.2. The lowest BCUT2D eigenvalue weighted by atomic mass is 10.1. The smallest absolute Gasteiger partial charge is 0.412 e. The van der Waals surface area contributed by atoms with Gasteiger partial charge in [-0.15, -0.1) is 0 Å². The third-order valence-electron chi connectivity index (χ3n) is 7.37. The first-order valence-electron chi connectivity index (χ1n) is 13.8. The molecule has 1 saturated heterocycles. The first kappa shape index (κ1) is 31.1. The molecule has 12 heteroatoms. The molecule has 0 radical (unpaired) electrons.